The lowest BCUT2D eigenvalue weighted by Gasteiger charge is -2.36. The number of piperazine rings is 1. The molecule has 1 saturated carbocycles. The van der Waals surface area contributed by atoms with Crippen molar-refractivity contribution in [2.45, 2.75) is 45.6 Å². The summed E-state index contributed by atoms with van der Waals surface area (Å²) in [5.74, 6) is 2.34. The van der Waals surface area contributed by atoms with Gasteiger partial charge in [-0.05, 0) is 62.9 Å². The van der Waals surface area contributed by atoms with Crippen LogP contribution in [0.1, 0.15) is 42.5 Å². The monoisotopic (exact) mass is 380 g/mol. The molecule has 2 heterocycles. The van der Waals surface area contributed by atoms with Gasteiger partial charge in [-0.2, -0.15) is 5.10 Å². The minimum atomic E-state index is -0.496. The fraction of sp³-hybridized carbons (Fsp3) is 0.500. The number of nitrogens with zero attached hydrogens (tertiary/aromatic N) is 4. The lowest BCUT2D eigenvalue weighted by Crippen LogP contribution is -2.52. The number of carbonyl (C=O) groups is 1. The summed E-state index contributed by atoms with van der Waals surface area (Å²) < 4.78 is 5.97. The number of ether oxygens (including phenoxy) is 1. The van der Waals surface area contributed by atoms with Crippen LogP contribution in [0, 0.1) is 13.8 Å². The van der Waals surface area contributed by atoms with E-state index in [0.717, 1.165) is 35.9 Å². The number of anilines is 1. The van der Waals surface area contributed by atoms with Crippen LogP contribution in [0.5, 0.6) is 5.75 Å². The minimum Gasteiger partial charge on any atom is -0.481 e. The maximum Gasteiger partial charge on any atom is 0.263 e. The van der Waals surface area contributed by atoms with Crippen LogP contribution >= 0.6 is 0 Å². The molecule has 1 aliphatic heterocycles. The molecule has 1 aromatic carbocycles. The van der Waals surface area contributed by atoms with Crippen LogP contribution in [-0.2, 0) is 4.79 Å². The van der Waals surface area contributed by atoms with Crippen molar-refractivity contribution in [3.63, 3.8) is 0 Å². The summed E-state index contributed by atoms with van der Waals surface area (Å²) in [7, 11) is 0. The van der Waals surface area contributed by atoms with Crippen LogP contribution in [0.2, 0.25) is 0 Å². The van der Waals surface area contributed by atoms with Crippen LogP contribution in [0.4, 0.5) is 5.82 Å². The smallest absolute Gasteiger partial charge is 0.263 e. The number of rotatable bonds is 5. The molecule has 1 aliphatic carbocycles. The maximum atomic E-state index is 12.8. The molecule has 1 aromatic heterocycles. The van der Waals surface area contributed by atoms with Gasteiger partial charge in [0.2, 0.25) is 0 Å². The van der Waals surface area contributed by atoms with Gasteiger partial charge >= 0.3 is 0 Å². The summed E-state index contributed by atoms with van der Waals surface area (Å²) in [6, 6.07) is 10.1. The second-order valence-electron chi connectivity index (χ2n) is 7.86. The van der Waals surface area contributed by atoms with Crippen molar-refractivity contribution < 1.29 is 9.53 Å². The molecular formula is C22H28N4O2. The molecule has 4 rings (SSSR count). The molecule has 6 nitrogen and oxygen atoms in total. The molecular weight excluding hydrogens is 352 g/mol. The zero-order valence-corrected chi connectivity index (χ0v) is 16.9. The number of hydrogen-bond acceptors (Lipinski definition) is 5. The predicted octanol–water partition coefficient (Wildman–Crippen LogP) is 3.09. The SMILES string of the molecule is Cc1cccc(OC(C)C(=O)N2CCN(c3ccc(C4CC4)nn3)CC2)c1C. The van der Waals surface area contributed by atoms with E-state index in [1.165, 1.54) is 18.4 Å². The molecule has 28 heavy (non-hydrogen) atoms. The summed E-state index contributed by atoms with van der Waals surface area (Å²) in [6.45, 7) is 8.78. The van der Waals surface area contributed by atoms with Gasteiger partial charge in [0.25, 0.3) is 5.91 Å². The third-order valence-corrected chi connectivity index (χ3v) is 5.79. The average Bonchev–Trinajstić information content (AvgIpc) is 3.56. The molecule has 1 unspecified atom stereocenters. The van der Waals surface area contributed by atoms with E-state index in [0.29, 0.717) is 19.0 Å². The molecule has 0 radical (unpaired) electrons. The molecule has 1 saturated heterocycles. The number of benzene rings is 1. The largest absolute Gasteiger partial charge is 0.481 e. The van der Waals surface area contributed by atoms with Crippen molar-refractivity contribution in [2.24, 2.45) is 0 Å². The normalized spacial score (nSPS) is 18.1. The minimum absolute atomic E-state index is 0.0377. The predicted molar refractivity (Wildman–Crippen MR) is 109 cm³/mol. The average molecular weight is 380 g/mol. The number of carbonyl (C=O) groups excluding carboxylic acids is 1. The maximum absolute atomic E-state index is 12.8. The van der Waals surface area contributed by atoms with E-state index in [4.69, 9.17) is 4.74 Å². The molecule has 6 heteroatoms. The Kier molecular flexibility index (Phi) is 5.20. The highest BCUT2D eigenvalue weighted by Crippen LogP contribution is 2.38. The van der Waals surface area contributed by atoms with Gasteiger partial charge in [-0.25, -0.2) is 0 Å². The Morgan fingerprint density at radius 3 is 2.46 bits per heavy atom. The molecule has 148 valence electrons. The van der Waals surface area contributed by atoms with Crippen molar-refractivity contribution in [3.8, 4) is 5.75 Å². The zero-order valence-electron chi connectivity index (χ0n) is 16.9. The first-order chi connectivity index (χ1) is 13.5. The highest BCUT2D eigenvalue weighted by molar-refractivity contribution is 5.81. The first kappa shape index (κ1) is 18.7. The van der Waals surface area contributed by atoms with E-state index in [1.54, 1.807) is 0 Å². The van der Waals surface area contributed by atoms with Crippen molar-refractivity contribution in [1.82, 2.24) is 15.1 Å². The van der Waals surface area contributed by atoms with Crippen LogP contribution in [0.3, 0.4) is 0 Å². The van der Waals surface area contributed by atoms with Gasteiger partial charge < -0.3 is 14.5 Å². The van der Waals surface area contributed by atoms with Crippen LogP contribution in [0.15, 0.2) is 30.3 Å². The summed E-state index contributed by atoms with van der Waals surface area (Å²) in [4.78, 5) is 16.9. The second-order valence-corrected chi connectivity index (χ2v) is 7.86. The molecule has 2 aromatic rings. The summed E-state index contributed by atoms with van der Waals surface area (Å²) in [5.41, 5.74) is 3.36. The molecule has 0 spiro atoms. The van der Waals surface area contributed by atoms with Gasteiger partial charge in [0.1, 0.15) is 5.75 Å². The van der Waals surface area contributed by atoms with Crippen LogP contribution in [0.25, 0.3) is 0 Å². The molecule has 1 atom stereocenters. The van der Waals surface area contributed by atoms with Crippen LogP contribution in [-0.4, -0.2) is 53.3 Å². The van der Waals surface area contributed by atoms with Crippen LogP contribution < -0.4 is 9.64 Å². The highest BCUT2D eigenvalue weighted by Gasteiger charge is 2.28. The fourth-order valence-corrected chi connectivity index (χ4v) is 3.61. The van der Waals surface area contributed by atoms with E-state index in [9.17, 15) is 4.79 Å². The van der Waals surface area contributed by atoms with E-state index >= 15 is 0 Å². The molecule has 0 N–H and O–H groups in total. The standard InChI is InChI=1S/C22H28N4O2/c1-15-5-4-6-20(16(15)2)28-17(3)22(27)26-13-11-25(12-14-26)21-10-9-19(23-24-21)18-7-8-18/h4-6,9-10,17-18H,7-8,11-14H2,1-3H3. The number of amides is 1. The molecule has 2 fully saturated rings. The van der Waals surface area contributed by atoms with Gasteiger partial charge in [0, 0.05) is 32.1 Å². The Balaban J connectivity index is 1.32. The Labute approximate surface area is 166 Å². The van der Waals surface area contributed by atoms with E-state index in [2.05, 4.69) is 27.2 Å². The van der Waals surface area contributed by atoms with Gasteiger partial charge in [0.15, 0.2) is 11.9 Å². The van der Waals surface area contributed by atoms with Gasteiger partial charge in [0.05, 0.1) is 5.69 Å². The third-order valence-electron chi connectivity index (χ3n) is 5.79. The Hall–Kier alpha value is -2.63. The van der Waals surface area contributed by atoms with Crippen molar-refractivity contribution in [2.75, 3.05) is 31.1 Å². The lowest BCUT2D eigenvalue weighted by atomic mass is 10.1. The lowest BCUT2D eigenvalue weighted by molar-refractivity contribution is -0.138. The van der Waals surface area contributed by atoms with Crippen molar-refractivity contribution in [3.05, 3.63) is 47.2 Å². The van der Waals surface area contributed by atoms with Crippen molar-refractivity contribution in [1.29, 1.82) is 0 Å². The Morgan fingerprint density at radius 1 is 1.07 bits per heavy atom. The topological polar surface area (TPSA) is 58.6 Å². The number of aromatic nitrogens is 2. The molecule has 2 aliphatic rings. The highest BCUT2D eigenvalue weighted by atomic mass is 16.5. The number of hydrogen-bond donors (Lipinski definition) is 0. The quantitative estimate of drug-likeness (QED) is 0.798. The summed E-state index contributed by atoms with van der Waals surface area (Å²) in [5, 5.41) is 8.76. The Bertz CT molecular complexity index is 840. The summed E-state index contributed by atoms with van der Waals surface area (Å²) >= 11 is 0. The fourth-order valence-electron chi connectivity index (χ4n) is 3.61. The second kappa shape index (κ2) is 7.78. The number of aryl methyl sites for hydroxylation is 1. The Morgan fingerprint density at radius 2 is 1.82 bits per heavy atom. The third kappa shape index (κ3) is 3.96. The van der Waals surface area contributed by atoms with Gasteiger partial charge in [-0.1, -0.05) is 12.1 Å². The van der Waals surface area contributed by atoms with Crippen molar-refractivity contribution >= 4 is 11.7 Å². The van der Waals surface area contributed by atoms with Gasteiger partial charge in [-0.3, -0.25) is 4.79 Å². The van der Waals surface area contributed by atoms with E-state index < -0.39 is 6.10 Å². The molecule has 1 amide bonds. The first-order valence-corrected chi connectivity index (χ1v) is 10.1. The molecule has 0 bridgehead atoms. The van der Waals surface area contributed by atoms with E-state index in [-0.39, 0.29) is 5.91 Å². The zero-order chi connectivity index (χ0) is 19.7. The van der Waals surface area contributed by atoms with Gasteiger partial charge in [-0.15, -0.1) is 5.10 Å². The summed E-state index contributed by atoms with van der Waals surface area (Å²) in [6.07, 6.45) is 1.97. The van der Waals surface area contributed by atoms with E-state index in [1.807, 2.05) is 43.9 Å². The first-order valence-electron chi connectivity index (χ1n) is 10.1.